The molecule has 27 heavy (non-hydrogen) atoms. The van der Waals surface area contributed by atoms with Crippen molar-refractivity contribution < 1.29 is 5.11 Å². The number of nitrogens with one attached hydrogen (secondary N) is 2. The van der Waals surface area contributed by atoms with E-state index in [4.69, 9.17) is 0 Å². The zero-order valence-corrected chi connectivity index (χ0v) is 15.3. The lowest BCUT2D eigenvalue weighted by atomic mass is 10.2. The Morgan fingerprint density at radius 3 is 2.63 bits per heavy atom. The minimum absolute atomic E-state index is 0.132. The number of aryl methyl sites for hydroxylation is 1. The summed E-state index contributed by atoms with van der Waals surface area (Å²) in [5.41, 5.74) is 4.02. The first-order chi connectivity index (χ1) is 12.9. The number of hydrazone groups is 1. The standard InChI is InChI=1S/C17H21N7O3/c1-22(2)12-6-4-11(5-7-12)10-18-21-16-19-14-13(24(16)8-9-25)15(26)20-17(27)23(14)3/h4-7,10,25H,8-9H2,1-3H3,(H,19,21)(H,20,26,27). The molecule has 0 atom stereocenters. The molecule has 0 bridgehead atoms. The number of imidazole rings is 1. The van der Waals surface area contributed by atoms with Crippen LogP contribution in [0.25, 0.3) is 11.2 Å². The first kappa shape index (κ1) is 18.4. The Morgan fingerprint density at radius 2 is 2.00 bits per heavy atom. The number of anilines is 2. The van der Waals surface area contributed by atoms with Gasteiger partial charge in [-0.3, -0.25) is 14.3 Å². The highest BCUT2D eigenvalue weighted by Gasteiger charge is 2.16. The van der Waals surface area contributed by atoms with E-state index in [9.17, 15) is 14.7 Å². The van der Waals surface area contributed by atoms with Crippen LogP contribution in [0.2, 0.25) is 0 Å². The number of aliphatic hydroxyl groups excluding tert-OH is 1. The summed E-state index contributed by atoms with van der Waals surface area (Å²) in [5.74, 6) is 0.256. The van der Waals surface area contributed by atoms with Gasteiger partial charge in [0.2, 0.25) is 5.95 Å². The molecule has 0 fully saturated rings. The van der Waals surface area contributed by atoms with Crippen LogP contribution in [-0.2, 0) is 13.6 Å². The van der Waals surface area contributed by atoms with Gasteiger partial charge in [0.05, 0.1) is 12.8 Å². The topological polar surface area (TPSA) is 121 Å². The number of aromatic nitrogens is 4. The SMILES string of the molecule is CN(C)c1ccc(C=NNc2nc3c(c(=O)[nH]c(=O)n3C)n2CCO)cc1. The maximum atomic E-state index is 12.2. The van der Waals surface area contributed by atoms with Gasteiger partial charge in [0.15, 0.2) is 11.2 Å². The van der Waals surface area contributed by atoms with E-state index >= 15 is 0 Å². The fourth-order valence-corrected chi connectivity index (χ4v) is 2.66. The normalized spacial score (nSPS) is 11.4. The average Bonchev–Trinajstić information content (AvgIpc) is 3.00. The van der Waals surface area contributed by atoms with E-state index in [-0.39, 0.29) is 30.3 Å². The molecule has 10 nitrogen and oxygen atoms in total. The molecule has 0 amide bonds. The second kappa shape index (κ2) is 7.46. The summed E-state index contributed by atoms with van der Waals surface area (Å²) in [6.07, 6.45) is 1.62. The Balaban J connectivity index is 1.93. The number of benzene rings is 1. The average molecular weight is 371 g/mol. The molecule has 0 aliphatic heterocycles. The number of fused-ring (bicyclic) bond motifs is 1. The van der Waals surface area contributed by atoms with Gasteiger partial charge < -0.3 is 14.6 Å². The number of H-pyrrole nitrogens is 1. The van der Waals surface area contributed by atoms with Crippen molar-refractivity contribution in [1.29, 1.82) is 0 Å². The first-order valence-corrected chi connectivity index (χ1v) is 8.29. The van der Waals surface area contributed by atoms with Crippen LogP contribution in [0.4, 0.5) is 11.6 Å². The number of hydrogen-bond donors (Lipinski definition) is 3. The van der Waals surface area contributed by atoms with E-state index in [2.05, 4.69) is 20.5 Å². The highest BCUT2D eigenvalue weighted by Crippen LogP contribution is 2.15. The van der Waals surface area contributed by atoms with E-state index < -0.39 is 11.2 Å². The molecule has 2 heterocycles. The van der Waals surface area contributed by atoms with Crippen molar-refractivity contribution in [2.45, 2.75) is 6.54 Å². The molecule has 2 aromatic heterocycles. The molecular weight excluding hydrogens is 350 g/mol. The molecule has 3 rings (SSSR count). The lowest BCUT2D eigenvalue weighted by Gasteiger charge is -2.11. The zero-order chi connectivity index (χ0) is 19.6. The molecule has 0 radical (unpaired) electrons. The minimum atomic E-state index is -0.564. The summed E-state index contributed by atoms with van der Waals surface area (Å²) in [4.78, 5) is 32.4. The van der Waals surface area contributed by atoms with Crippen molar-refractivity contribution >= 4 is 29.0 Å². The van der Waals surface area contributed by atoms with Crippen LogP contribution in [0.15, 0.2) is 39.0 Å². The van der Waals surface area contributed by atoms with Crippen LogP contribution < -0.4 is 21.6 Å². The number of aliphatic hydroxyl groups is 1. The lowest BCUT2D eigenvalue weighted by molar-refractivity contribution is 0.278. The van der Waals surface area contributed by atoms with Gasteiger partial charge in [0.1, 0.15) is 0 Å². The summed E-state index contributed by atoms with van der Waals surface area (Å²) in [5, 5.41) is 13.5. The van der Waals surface area contributed by atoms with E-state index in [0.29, 0.717) is 0 Å². The molecule has 0 spiro atoms. The molecule has 0 unspecified atom stereocenters. The predicted octanol–water partition coefficient (Wildman–Crippen LogP) is -0.0724. The van der Waals surface area contributed by atoms with Crippen molar-refractivity contribution in [2.75, 3.05) is 31.0 Å². The van der Waals surface area contributed by atoms with Crippen molar-refractivity contribution in [3.8, 4) is 0 Å². The van der Waals surface area contributed by atoms with E-state index in [1.165, 1.54) is 16.2 Å². The molecule has 0 saturated carbocycles. The molecule has 142 valence electrons. The summed E-state index contributed by atoms with van der Waals surface area (Å²) in [7, 11) is 5.44. The molecule has 0 aliphatic carbocycles. The van der Waals surface area contributed by atoms with Gasteiger partial charge in [-0.25, -0.2) is 10.2 Å². The lowest BCUT2D eigenvalue weighted by Crippen LogP contribution is -2.29. The Kier molecular flexibility index (Phi) is 5.08. The van der Waals surface area contributed by atoms with Crippen molar-refractivity contribution in [2.24, 2.45) is 12.1 Å². The molecular formula is C17H21N7O3. The van der Waals surface area contributed by atoms with Crippen LogP contribution in [0.1, 0.15) is 5.56 Å². The van der Waals surface area contributed by atoms with Gasteiger partial charge in [-0.2, -0.15) is 10.1 Å². The second-order valence-electron chi connectivity index (χ2n) is 6.16. The third-order valence-electron chi connectivity index (χ3n) is 4.12. The smallest absolute Gasteiger partial charge is 0.329 e. The van der Waals surface area contributed by atoms with E-state index in [1.54, 1.807) is 6.21 Å². The Bertz CT molecular complexity index is 1090. The van der Waals surface area contributed by atoms with Crippen LogP contribution in [0.3, 0.4) is 0 Å². The third-order valence-corrected chi connectivity index (χ3v) is 4.12. The van der Waals surface area contributed by atoms with Crippen molar-refractivity contribution in [3.63, 3.8) is 0 Å². The Hall–Kier alpha value is -3.40. The van der Waals surface area contributed by atoms with Crippen LogP contribution >= 0.6 is 0 Å². The van der Waals surface area contributed by atoms with E-state index in [1.807, 2.05) is 43.3 Å². The molecule has 3 aromatic rings. The predicted molar refractivity (Wildman–Crippen MR) is 105 cm³/mol. The monoisotopic (exact) mass is 371 g/mol. The van der Waals surface area contributed by atoms with Gasteiger partial charge >= 0.3 is 5.69 Å². The number of nitrogens with zero attached hydrogens (tertiary/aromatic N) is 5. The van der Waals surface area contributed by atoms with Gasteiger partial charge in [-0.1, -0.05) is 12.1 Å². The zero-order valence-electron chi connectivity index (χ0n) is 15.3. The highest BCUT2D eigenvalue weighted by atomic mass is 16.3. The maximum Gasteiger partial charge on any atom is 0.329 e. The first-order valence-electron chi connectivity index (χ1n) is 8.29. The summed E-state index contributed by atoms with van der Waals surface area (Å²) in [6.45, 7) is -0.0642. The fraction of sp³-hybridized carbons (Fsp3) is 0.294. The van der Waals surface area contributed by atoms with Crippen molar-refractivity contribution in [1.82, 2.24) is 19.1 Å². The number of rotatable bonds is 6. The fourth-order valence-electron chi connectivity index (χ4n) is 2.66. The largest absolute Gasteiger partial charge is 0.395 e. The Labute approximate surface area is 154 Å². The maximum absolute atomic E-state index is 12.2. The number of aromatic amines is 1. The highest BCUT2D eigenvalue weighted by molar-refractivity contribution is 5.81. The van der Waals surface area contributed by atoms with Gasteiger partial charge in [0, 0.05) is 33.4 Å². The molecule has 10 heteroatoms. The molecule has 0 saturated heterocycles. The molecule has 0 aliphatic rings. The quantitative estimate of drug-likeness (QED) is 0.412. The van der Waals surface area contributed by atoms with Gasteiger partial charge in [-0.15, -0.1) is 0 Å². The summed E-state index contributed by atoms with van der Waals surface area (Å²) < 4.78 is 2.72. The molecule has 3 N–H and O–H groups in total. The van der Waals surface area contributed by atoms with Crippen LogP contribution in [0, 0.1) is 0 Å². The number of hydrogen-bond acceptors (Lipinski definition) is 7. The summed E-state index contributed by atoms with van der Waals surface area (Å²) >= 11 is 0. The van der Waals surface area contributed by atoms with Crippen molar-refractivity contribution in [3.05, 3.63) is 50.7 Å². The van der Waals surface area contributed by atoms with Crippen LogP contribution in [0.5, 0.6) is 0 Å². The van der Waals surface area contributed by atoms with Gasteiger partial charge in [0.25, 0.3) is 5.56 Å². The second-order valence-corrected chi connectivity index (χ2v) is 6.16. The minimum Gasteiger partial charge on any atom is -0.395 e. The van der Waals surface area contributed by atoms with E-state index in [0.717, 1.165) is 11.3 Å². The third kappa shape index (κ3) is 3.60. The molecule has 1 aromatic carbocycles. The Morgan fingerprint density at radius 1 is 1.30 bits per heavy atom. The van der Waals surface area contributed by atoms with Gasteiger partial charge in [-0.05, 0) is 17.7 Å². The summed E-state index contributed by atoms with van der Waals surface area (Å²) in [6, 6.07) is 7.78. The van der Waals surface area contributed by atoms with Crippen LogP contribution in [-0.4, -0.2) is 51.1 Å².